The van der Waals surface area contributed by atoms with Crippen LogP contribution >= 0.6 is 0 Å². The Hall–Kier alpha value is -1.96. The van der Waals surface area contributed by atoms with Gasteiger partial charge in [-0.05, 0) is 30.2 Å². The molecule has 2 heteroatoms. The summed E-state index contributed by atoms with van der Waals surface area (Å²) in [5, 5.41) is 0. The van der Waals surface area contributed by atoms with Gasteiger partial charge in [0.15, 0.2) is 11.5 Å². The topological polar surface area (TPSA) is 18.5 Å². The van der Waals surface area contributed by atoms with Crippen molar-refractivity contribution in [2.45, 2.75) is 27.4 Å². The first-order chi connectivity index (χ1) is 9.29. The Kier molecular flexibility index (Phi) is 6.51. The molecule has 0 radical (unpaired) electrons. The van der Waals surface area contributed by atoms with E-state index in [9.17, 15) is 0 Å². The molecule has 19 heavy (non-hydrogen) atoms. The third-order valence-corrected chi connectivity index (χ3v) is 2.56. The van der Waals surface area contributed by atoms with E-state index in [2.05, 4.69) is 0 Å². The Labute approximate surface area is 116 Å². The van der Waals surface area contributed by atoms with Gasteiger partial charge in [-0.1, -0.05) is 50.2 Å². The standard InChI is InChI=1S/C15H16O2.C2H6/c1-12-8-9-14(16-2)15(10-12)17-11-13-6-4-3-5-7-13;1-2/h3-10H,11H2,1-2H3;1-2H3. The van der Waals surface area contributed by atoms with Gasteiger partial charge >= 0.3 is 0 Å². The number of rotatable bonds is 4. The molecule has 0 unspecified atom stereocenters. The first-order valence-electron chi connectivity index (χ1n) is 6.61. The number of methoxy groups -OCH3 is 1. The molecule has 0 saturated carbocycles. The third kappa shape index (κ3) is 4.66. The van der Waals surface area contributed by atoms with Crippen LogP contribution in [0.4, 0.5) is 0 Å². The molecule has 2 aromatic carbocycles. The Morgan fingerprint density at radius 1 is 0.895 bits per heavy atom. The van der Waals surface area contributed by atoms with Crippen LogP contribution in [0.2, 0.25) is 0 Å². The maximum absolute atomic E-state index is 5.77. The van der Waals surface area contributed by atoms with E-state index in [1.807, 2.05) is 69.3 Å². The van der Waals surface area contributed by atoms with Crippen molar-refractivity contribution in [2.75, 3.05) is 7.11 Å². The van der Waals surface area contributed by atoms with Crippen LogP contribution in [-0.2, 0) is 6.61 Å². The lowest BCUT2D eigenvalue weighted by Crippen LogP contribution is -1.97. The molecule has 0 N–H and O–H groups in total. The minimum absolute atomic E-state index is 0.556. The largest absolute Gasteiger partial charge is 0.493 e. The molecular weight excluding hydrogens is 236 g/mol. The second-order valence-electron chi connectivity index (χ2n) is 3.93. The van der Waals surface area contributed by atoms with Crippen molar-refractivity contribution in [3.05, 3.63) is 59.7 Å². The van der Waals surface area contributed by atoms with Crippen LogP contribution in [0.3, 0.4) is 0 Å². The fraction of sp³-hybridized carbons (Fsp3) is 0.294. The first-order valence-corrected chi connectivity index (χ1v) is 6.61. The predicted molar refractivity (Wildman–Crippen MR) is 79.9 cm³/mol. The van der Waals surface area contributed by atoms with Gasteiger partial charge in [0.25, 0.3) is 0 Å². The predicted octanol–water partition coefficient (Wildman–Crippen LogP) is 4.61. The van der Waals surface area contributed by atoms with E-state index in [0.29, 0.717) is 6.61 Å². The SMILES string of the molecule is CC.COc1ccc(C)cc1OCc1ccccc1. The Bertz CT molecular complexity index is 478. The smallest absolute Gasteiger partial charge is 0.161 e. The van der Waals surface area contributed by atoms with Crippen LogP contribution in [0, 0.1) is 6.92 Å². The van der Waals surface area contributed by atoms with Crippen LogP contribution in [0.15, 0.2) is 48.5 Å². The van der Waals surface area contributed by atoms with Gasteiger partial charge < -0.3 is 9.47 Å². The van der Waals surface area contributed by atoms with Gasteiger partial charge in [0, 0.05) is 0 Å². The van der Waals surface area contributed by atoms with E-state index >= 15 is 0 Å². The van der Waals surface area contributed by atoms with E-state index in [0.717, 1.165) is 22.6 Å². The van der Waals surface area contributed by atoms with E-state index in [1.54, 1.807) is 7.11 Å². The zero-order valence-electron chi connectivity index (χ0n) is 12.1. The van der Waals surface area contributed by atoms with Crippen LogP contribution < -0.4 is 9.47 Å². The number of hydrogen-bond acceptors (Lipinski definition) is 2. The summed E-state index contributed by atoms with van der Waals surface area (Å²) in [6, 6.07) is 16.0. The summed E-state index contributed by atoms with van der Waals surface area (Å²) in [4.78, 5) is 0. The number of hydrogen-bond donors (Lipinski definition) is 0. The fourth-order valence-corrected chi connectivity index (χ4v) is 1.63. The van der Waals surface area contributed by atoms with Gasteiger partial charge in [0.1, 0.15) is 6.61 Å². The lowest BCUT2D eigenvalue weighted by Gasteiger charge is -2.11. The summed E-state index contributed by atoms with van der Waals surface area (Å²) in [7, 11) is 1.65. The normalized spacial score (nSPS) is 9.26. The van der Waals surface area contributed by atoms with E-state index in [1.165, 1.54) is 0 Å². The highest BCUT2D eigenvalue weighted by atomic mass is 16.5. The average Bonchev–Trinajstić information content (AvgIpc) is 2.48. The van der Waals surface area contributed by atoms with Gasteiger partial charge in [0.05, 0.1) is 7.11 Å². The molecule has 0 fully saturated rings. The molecule has 2 aromatic rings. The minimum atomic E-state index is 0.556. The van der Waals surface area contributed by atoms with Gasteiger partial charge in [-0.25, -0.2) is 0 Å². The van der Waals surface area contributed by atoms with E-state index in [4.69, 9.17) is 9.47 Å². The Balaban J connectivity index is 0.000000861. The van der Waals surface area contributed by atoms with Crippen molar-refractivity contribution in [3.63, 3.8) is 0 Å². The summed E-state index contributed by atoms with van der Waals surface area (Å²) < 4.78 is 11.0. The van der Waals surface area contributed by atoms with Crippen molar-refractivity contribution in [2.24, 2.45) is 0 Å². The molecule has 0 aliphatic carbocycles. The molecule has 0 aliphatic rings. The molecule has 0 heterocycles. The fourth-order valence-electron chi connectivity index (χ4n) is 1.63. The molecule has 0 atom stereocenters. The molecular formula is C17H22O2. The van der Waals surface area contributed by atoms with Gasteiger partial charge in [-0.15, -0.1) is 0 Å². The summed E-state index contributed by atoms with van der Waals surface area (Å²) in [6.45, 7) is 6.59. The molecule has 0 spiro atoms. The van der Waals surface area contributed by atoms with Crippen molar-refractivity contribution < 1.29 is 9.47 Å². The maximum atomic E-state index is 5.77. The van der Waals surface area contributed by atoms with Gasteiger partial charge in [0.2, 0.25) is 0 Å². The molecule has 2 rings (SSSR count). The van der Waals surface area contributed by atoms with Crippen molar-refractivity contribution in [3.8, 4) is 11.5 Å². The van der Waals surface area contributed by atoms with Crippen molar-refractivity contribution in [1.29, 1.82) is 0 Å². The monoisotopic (exact) mass is 258 g/mol. The van der Waals surface area contributed by atoms with Crippen molar-refractivity contribution >= 4 is 0 Å². The Morgan fingerprint density at radius 3 is 2.21 bits per heavy atom. The average molecular weight is 258 g/mol. The second kappa shape index (κ2) is 8.20. The quantitative estimate of drug-likeness (QED) is 0.797. The zero-order chi connectivity index (χ0) is 14.1. The molecule has 0 aromatic heterocycles. The van der Waals surface area contributed by atoms with E-state index < -0.39 is 0 Å². The van der Waals surface area contributed by atoms with Gasteiger partial charge in [-0.2, -0.15) is 0 Å². The van der Waals surface area contributed by atoms with Gasteiger partial charge in [-0.3, -0.25) is 0 Å². The third-order valence-electron chi connectivity index (χ3n) is 2.56. The Morgan fingerprint density at radius 2 is 1.58 bits per heavy atom. The molecule has 2 nitrogen and oxygen atoms in total. The summed E-state index contributed by atoms with van der Waals surface area (Å²) >= 11 is 0. The highest BCUT2D eigenvalue weighted by molar-refractivity contribution is 5.42. The maximum Gasteiger partial charge on any atom is 0.161 e. The molecule has 102 valence electrons. The lowest BCUT2D eigenvalue weighted by atomic mass is 10.2. The highest BCUT2D eigenvalue weighted by Crippen LogP contribution is 2.28. The van der Waals surface area contributed by atoms with Crippen LogP contribution in [-0.4, -0.2) is 7.11 Å². The molecule has 0 amide bonds. The van der Waals surface area contributed by atoms with Crippen LogP contribution in [0.5, 0.6) is 11.5 Å². The van der Waals surface area contributed by atoms with Crippen LogP contribution in [0.25, 0.3) is 0 Å². The van der Waals surface area contributed by atoms with E-state index in [-0.39, 0.29) is 0 Å². The lowest BCUT2D eigenvalue weighted by molar-refractivity contribution is 0.284. The minimum Gasteiger partial charge on any atom is -0.493 e. The number of ether oxygens (including phenoxy) is 2. The highest BCUT2D eigenvalue weighted by Gasteiger charge is 2.04. The number of aryl methyl sites for hydroxylation is 1. The molecule has 0 saturated heterocycles. The van der Waals surface area contributed by atoms with Crippen molar-refractivity contribution in [1.82, 2.24) is 0 Å². The summed E-state index contributed by atoms with van der Waals surface area (Å²) in [5.74, 6) is 1.56. The zero-order valence-corrected chi connectivity index (χ0v) is 12.1. The summed E-state index contributed by atoms with van der Waals surface area (Å²) in [5.41, 5.74) is 2.31. The number of benzene rings is 2. The molecule has 0 bridgehead atoms. The van der Waals surface area contributed by atoms with Crippen LogP contribution in [0.1, 0.15) is 25.0 Å². The summed E-state index contributed by atoms with van der Waals surface area (Å²) in [6.07, 6.45) is 0. The first kappa shape index (κ1) is 15.1. The second-order valence-corrected chi connectivity index (χ2v) is 3.93. The molecule has 0 aliphatic heterocycles.